The van der Waals surface area contributed by atoms with Gasteiger partial charge in [0.05, 0.1) is 22.8 Å². The summed E-state index contributed by atoms with van der Waals surface area (Å²) in [6.45, 7) is 3.36. The molecule has 1 saturated heterocycles. The third-order valence-electron chi connectivity index (χ3n) is 5.30. The summed E-state index contributed by atoms with van der Waals surface area (Å²) in [4.78, 5) is 20.1. The van der Waals surface area contributed by atoms with Crippen molar-refractivity contribution in [3.05, 3.63) is 46.3 Å². The van der Waals surface area contributed by atoms with Gasteiger partial charge in [-0.2, -0.15) is 0 Å². The number of fused-ring (bicyclic) bond motifs is 1. The normalized spacial score (nSPS) is 13.8. The van der Waals surface area contributed by atoms with Crippen LogP contribution in [0.25, 0.3) is 11.0 Å². The van der Waals surface area contributed by atoms with E-state index in [1.54, 1.807) is 13.3 Å². The molecule has 1 aliphatic rings. The molecule has 0 spiro atoms. The van der Waals surface area contributed by atoms with Crippen molar-refractivity contribution in [3.63, 3.8) is 0 Å². The highest BCUT2D eigenvalue weighted by molar-refractivity contribution is 6.00. The first-order valence-corrected chi connectivity index (χ1v) is 10.0. The van der Waals surface area contributed by atoms with Crippen molar-refractivity contribution < 1.29 is 14.3 Å². The van der Waals surface area contributed by atoms with E-state index in [-0.39, 0.29) is 11.2 Å². The molecule has 0 aliphatic carbocycles. The van der Waals surface area contributed by atoms with Crippen molar-refractivity contribution in [2.75, 3.05) is 43.2 Å². The first kappa shape index (κ1) is 20.0. The SMILES string of the molecule is COCCCN(Cc1ccccn1)c1cc(N2CCCC2)c([N+](=O)[O-])c2nonc12. The van der Waals surface area contributed by atoms with Crippen molar-refractivity contribution in [1.29, 1.82) is 0 Å². The Morgan fingerprint density at radius 1 is 1.27 bits per heavy atom. The van der Waals surface area contributed by atoms with Crippen LogP contribution in [0.3, 0.4) is 0 Å². The van der Waals surface area contributed by atoms with Gasteiger partial charge in [0, 0.05) is 39.5 Å². The molecule has 0 bridgehead atoms. The second-order valence-electron chi connectivity index (χ2n) is 7.27. The molecule has 2 aromatic heterocycles. The van der Waals surface area contributed by atoms with Gasteiger partial charge in [-0.05, 0) is 47.8 Å². The predicted molar refractivity (Wildman–Crippen MR) is 112 cm³/mol. The number of methoxy groups -OCH3 is 1. The van der Waals surface area contributed by atoms with Gasteiger partial charge < -0.3 is 14.5 Å². The number of nitro groups is 1. The van der Waals surface area contributed by atoms with Crippen LogP contribution >= 0.6 is 0 Å². The van der Waals surface area contributed by atoms with Gasteiger partial charge in [0.25, 0.3) is 0 Å². The molecule has 0 radical (unpaired) electrons. The lowest BCUT2D eigenvalue weighted by molar-refractivity contribution is -0.382. The van der Waals surface area contributed by atoms with Crippen LogP contribution in [0.5, 0.6) is 0 Å². The molecule has 158 valence electrons. The van der Waals surface area contributed by atoms with E-state index in [0.29, 0.717) is 30.9 Å². The number of rotatable bonds is 9. The van der Waals surface area contributed by atoms with Crippen LogP contribution in [-0.2, 0) is 11.3 Å². The Balaban J connectivity index is 1.81. The molecule has 30 heavy (non-hydrogen) atoms. The van der Waals surface area contributed by atoms with Crippen molar-refractivity contribution >= 4 is 28.1 Å². The molecule has 4 rings (SSSR count). The zero-order chi connectivity index (χ0) is 20.9. The van der Waals surface area contributed by atoms with Gasteiger partial charge in [-0.15, -0.1) is 0 Å². The van der Waals surface area contributed by atoms with Gasteiger partial charge in [-0.1, -0.05) is 6.07 Å². The lowest BCUT2D eigenvalue weighted by atomic mass is 10.1. The largest absolute Gasteiger partial charge is 0.385 e. The number of hydrogen-bond donors (Lipinski definition) is 0. The van der Waals surface area contributed by atoms with Crippen molar-refractivity contribution in [1.82, 2.24) is 15.3 Å². The standard InChI is InChI=1S/C20H24N6O4/c1-29-12-6-11-25(14-15-7-2-3-8-21-15)16-13-17(24-9-4-5-10-24)20(26(27)28)19-18(16)22-30-23-19/h2-3,7-8,13H,4-6,9-12,14H2,1H3. The fourth-order valence-corrected chi connectivity index (χ4v) is 3.89. The van der Waals surface area contributed by atoms with E-state index >= 15 is 0 Å². The van der Waals surface area contributed by atoms with Crippen LogP contribution in [0.1, 0.15) is 25.0 Å². The quantitative estimate of drug-likeness (QED) is 0.297. The summed E-state index contributed by atoms with van der Waals surface area (Å²) in [5, 5.41) is 19.8. The maximum Gasteiger partial charge on any atom is 0.323 e. The highest BCUT2D eigenvalue weighted by Crippen LogP contribution is 2.41. The summed E-state index contributed by atoms with van der Waals surface area (Å²) in [5.41, 5.74) is 2.72. The Kier molecular flexibility index (Phi) is 6.03. The molecular formula is C20H24N6O4. The zero-order valence-corrected chi connectivity index (χ0v) is 16.9. The highest BCUT2D eigenvalue weighted by Gasteiger charge is 2.31. The first-order valence-electron chi connectivity index (χ1n) is 10.0. The lowest BCUT2D eigenvalue weighted by Crippen LogP contribution is -2.27. The predicted octanol–water partition coefficient (Wildman–Crippen LogP) is 3.17. The van der Waals surface area contributed by atoms with Gasteiger partial charge in [-0.3, -0.25) is 15.1 Å². The smallest absolute Gasteiger partial charge is 0.323 e. The summed E-state index contributed by atoms with van der Waals surface area (Å²) in [5.74, 6) is 0. The molecule has 0 atom stereocenters. The number of hydrogen-bond acceptors (Lipinski definition) is 9. The minimum Gasteiger partial charge on any atom is -0.385 e. The van der Waals surface area contributed by atoms with E-state index in [1.807, 2.05) is 29.2 Å². The van der Waals surface area contributed by atoms with E-state index in [4.69, 9.17) is 9.37 Å². The van der Waals surface area contributed by atoms with Crippen LogP contribution in [0.15, 0.2) is 35.1 Å². The number of aromatic nitrogens is 3. The van der Waals surface area contributed by atoms with Crippen LogP contribution < -0.4 is 9.80 Å². The molecule has 10 nitrogen and oxygen atoms in total. The number of nitrogens with zero attached hydrogens (tertiary/aromatic N) is 6. The Morgan fingerprint density at radius 2 is 2.07 bits per heavy atom. The monoisotopic (exact) mass is 412 g/mol. The van der Waals surface area contributed by atoms with Crippen molar-refractivity contribution in [3.8, 4) is 0 Å². The maximum absolute atomic E-state index is 11.9. The topological polar surface area (TPSA) is 111 Å². The van der Waals surface area contributed by atoms with Gasteiger partial charge >= 0.3 is 5.69 Å². The molecule has 3 heterocycles. The van der Waals surface area contributed by atoms with Gasteiger partial charge in [0.1, 0.15) is 5.69 Å². The molecule has 0 amide bonds. The zero-order valence-electron chi connectivity index (χ0n) is 16.9. The Labute approximate surface area is 173 Å². The molecule has 1 fully saturated rings. The van der Waals surface area contributed by atoms with Gasteiger partial charge in [0.2, 0.25) is 5.52 Å². The number of anilines is 2. The molecule has 0 saturated carbocycles. The van der Waals surface area contributed by atoms with Crippen LogP contribution in [0, 0.1) is 10.1 Å². The van der Waals surface area contributed by atoms with Crippen molar-refractivity contribution in [2.24, 2.45) is 0 Å². The minimum absolute atomic E-state index is 0.0495. The van der Waals surface area contributed by atoms with Gasteiger partial charge in [0.15, 0.2) is 5.52 Å². The van der Waals surface area contributed by atoms with Crippen molar-refractivity contribution in [2.45, 2.75) is 25.8 Å². The molecule has 1 aromatic carbocycles. The summed E-state index contributed by atoms with van der Waals surface area (Å²) in [7, 11) is 1.67. The van der Waals surface area contributed by atoms with E-state index in [2.05, 4.69) is 20.2 Å². The second kappa shape index (κ2) is 9.04. The first-order chi connectivity index (χ1) is 14.7. The van der Waals surface area contributed by atoms with Crippen LogP contribution in [-0.4, -0.2) is 53.6 Å². The molecule has 1 aliphatic heterocycles. The lowest BCUT2D eigenvalue weighted by Gasteiger charge is -2.26. The number of nitro benzene ring substituents is 1. The maximum atomic E-state index is 11.9. The third kappa shape index (κ3) is 4.04. The fraction of sp³-hybridized carbons (Fsp3) is 0.450. The summed E-state index contributed by atoms with van der Waals surface area (Å²) < 4.78 is 10.2. The second-order valence-corrected chi connectivity index (χ2v) is 7.27. The summed E-state index contributed by atoms with van der Waals surface area (Å²) in [6, 6.07) is 7.62. The van der Waals surface area contributed by atoms with E-state index in [1.165, 1.54) is 0 Å². The molecule has 0 N–H and O–H groups in total. The molecule has 0 unspecified atom stereocenters. The Hall–Kier alpha value is -3.27. The fourth-order valence-electron chi connectivity index (χ4n) is 3.89. The molecule has 3 aromatic rings. The average molecular weight is 412 g/mol. The van der Waals surface area contributed by atoms with Crippen LogP contribution in [0.2, 0.25) is 0 Å². The highest BCUT2D eigenvalue weighted by atomic mass is 16.6. The number of pyridine rings is 1. The number of benzene rings is 1. The molecular weight excluding hydrogens is 388 g/mol. The van der Waals surface area contributed by atoms with E-state index in [0.717, 1.165) is 43.7 Å². The van der Waals surface area contributed by atoms with E-state index in [9.17, 15) is 10.1 Å². The summed E-state index contributed by atoms with van der Waals surface area (Å²) >= 11 is 0. The van der Waals surface area contributed by atoms with E-state index < -0.39 is 4.92 Å². The minimum atomic E-state index is -0.391. The van der Waals surface area contributed by atoms with Gasteiger partial charge in [-0.25, -0.2) is 4.63 Å². The van der Waals surface area contributed by atoms with Crippen LogP contribution in [0.4, 0.5) is 17.1 Å². The number of ether oxygens (including phenoxy) is 1. The third-order valence-corrected chi connectivity index (χ3v) is 5.30. The average Bonchev–Trinajstić information content (AvgIpc) is 3.44. The Bertz CT molecular complexity index is 1000. The summed E-state index contributed by atoms with van der Waals surface area (Å²) in [6.07, 6.45) is 4.55. The Morgan fingerprint density at radius 3 is 2.77 bits per heavy atom. The molecule has 10 heteroatoms.